The fourth-order valence-corrected chi connectivity index (χ4v) is 2.99. The summed E-state index contributed by atoms with van der Waals surface area (Å²) in [5.41, 5.74) is 0.481. The van der Waals surface area contributed by atoms with E-state index >= 15 is 0 Å². The van der Waals surface area contributed by atoms with Crippen molar-refractivity contribution in [1.82, 2.24) is 10.3 Å². The van der Waals surface area contributed by atoms with Gasteiger partial charge in [0.2, 0.25) is 0 Å². The minimum Gasteiger partial charge on any atom is -0.465 e. The van der Waals surface area contributed by atoms with Gasteiger partial charge in [-0.25, -0.2) is 18.6 Å². The Morgan fingerprint density at radius 1 is 1.29 bits per heavy atom. The van der Waals surface area contributed by atoms with E-state index in [-0.39, 0.29) is 29.2 Å². The van der Waals surface area contributed by atoms with E-state index in [1.165, 1.54) is 24.3 Å². The van der Waals surface area contributed by atoms with Crippen molar-refractivity contribution >= 4 is 23.4 Å². The highest BCUT2D eigenvalue weighted by Gasteiger charge is 2.36. The molecule has 1 aromatic heterocycles. The molecule has 0 aliphatic heterocycles. The summed E-state index contributed by atoms with van der Waals surface area (Å²) in [6.07, 6.45) is 0.649. The van der Waals surface area contributed by atoms with E-state index in [9.17, 15) is 18.8 Å². The zero-order valence-corrected chi connectivity index (χ0v) is 15.0. The molecular weight excluding hydrogens is 368 g/mol. The predicted molar refractivity (Wildman–Crippen MR) is 99.3 cm³/mol. The number of hydrogen-bond donors (Lipinski definition) is 4. The second-order valence-electron chi connectivity index (χ2n) is 6.70. The van der Waals surface area contributed by atoms with Crippen molar-refractivity contribution < 1.29 is 18.7 Å². The van der Waals surface area contributed by atoms with Crippen LogP contribution in [0.15, 0.2) is 30.3 Å². The maximum absolute atomic E-state index is 14.5. The smallest absolute Gasteiger partial charge is 0.404 e. The van der Waals surface area contributed by atoms with Gasteiger partial charge in [-0.2, -0.15) is 5.26 Å². The number of amides is 1. The minimum atomic E-state index is -1.16. The summed E-state index contributed by atoms with van der Waals surface area (Å²) < 4.78 is 27.6. The molecule has 0 spiro atoms. The van der Waals surface area contributed by atoms with Gasteiger partial charge in [-0.05, 0) is 56.0 Å². The number of aromatic nitrogens is 1. The van der Waals surface area contributed by atoms with Crippen molar-refractivity contribution in [2.45, 2.75) is 31.8 Å². The van der Waals surface area contributed by atoms with E-state index in [2.05, 4.69) is 20.9 Å². The maximum atomic E-state index is 14.5. The number of hydrogen-bond acceptors (Lipinski definition) is 5. The summed E-state index contributed by atoms with van der Waals surface area (Å²) in [5.74, 6) is -0.889. The maximum Gasteiger partial charge on any atom is 0.404 e. The number of benzene rings is 1. The van der Waals surface area contributed by atoms with Gasteiger partial charge in [-0.1, -0.05) is 0 Å². The van der Waals surface area contributed by atoms with Gasteiger partial charge in [0.05, 0.1) is 11.6 Å². The van der Waals surface area contributed by atoms with Crippen LogP contribution in [-0.4, -0.2) is 28.3 Å². The molecule has 28 heavy (non-hydrogen) atoms. The van der Waals surface area contributed by atoms with Gasteiger partial charge >= 0.3 is 6.09 Å². The Balaban J connectivity index is 1.87. The summed E-state index contributed by atoms with van der Waals surface area (Å²) in [6, 6.07) is 7.57. The number of carboxylic acid groups (broad SMARTS) is 1. The SMILES string of the molecule is C[C@H](NC(=O)O)[C@H](Nc1nc(Nc2ccc(F)cc2)c(C#N)cc1F)C1CC1. The number of anilines is 3. The summed E-state index contributed by atoms with van der Waals surface area (Å²) in [5, 5.41) is 26.5. The Hall–Kier alpha value is -3.41. The molecule has 0 radical (unpaired) electrons. The van der Waals surface area contributed by atoms with Crippen LogP contribution in [0, 0.1) is 28.9 Å². The first-order chi connectivity index (χ1) is 13.4. The van der Waals surface area contributed by atoms with Crippen LogP contribution >= 0.6 is 0 Å². The molecule has 9 heteroatoms. The lowest BCUT2D eigenvalue weighted by molar-refractivity contribution is 0.188. The minimum absolute atomic E-state index is 0.00736. The van der Waals surface area contributed by atoms with Crippen molar-refractivity contribution in [1.29, 1.82) is 5.26 Å². The summed E-state index contributed by atoms with van der Waals surface area (Å²) in [4.78, 5) is 15.1. The number of rotatable bonds is 7. The summed E-state index contributed by atoms with van der Waals surface area (Å²) in [7, 11) is 0. The third-order valence-corrected chi connectivity index (χ3v) is 4.53. The number of nitrogens with one attached hydrogen (secondary N) is 3. The fourth-order valence-electron chi connectivity index (χ4n) is 2.99. The number of carbonyl (C=O) groups is 1. The monoisotopic (exact) mass is 387 g/mol. The molecule has 1 heterocycles. The van der Waals surface area contributed by atoms with Gasteiger partial charge in [0.25, 0.3) is 0 Å². The second kappa shape index (κ2) is 8.08. The van der Waals surface area contributed by atoms with E-state index in [0.717, 1.165) is 18.9 Å². The van der Waals surface area contributed by atoms with Gasteiger partial charge in [-0.3, -0.25) is 0 Å². The average molecular weight is 387 g/mol. The van der Waals surface area contributed by atoms with Crippen LogP contribution in [0.1, 0.15) is 25.3 Å². The fraction of sp³-hybridized carbons (Fsp3) is 0.316. The second-order valence-corrected chi connectivity index (χ2v) is 6.70. The number of nitrogens with zero attached hydrogens (tertiary/aromatic N) is 2. The van der Waals surface area contributed by atoms with E-state index in [1.54, 1.807) is 6.92 Å². The molecule has 2 atom stereocenters. The Morgan fingerprint density at radius 2 is 1.96 bits per heavy atom. The van der Waals surface area contributed by atoms with E-state index in [4.69, 9.17) is 5.11 Å². The highest BCUT2D eigenvalue weighted by atomic mass is 19.1. The first-order valence-corrected chi connectivity index (χ1v) is 8.76. The van der Waals surface area contributed by atoms with Gasteiger partial charge in [0.15, 0.2) is 17.5 Å². The lowest BCUT2D eigenvalue weighted by Gasteiger charge is -2.26. The van der Waals surface area contributed by atoms with Crippen LogP contribution in [0.2, 0.25) is 0 Å². The summed E-state index contributed by atoms with van der Waals surface area (Å²) >= 11 is 0. The van der Waals surface area contributed by atoms with Crippen LogP contribution < -0.4 is 16.0 Å². The molecule has 1 saturated carbocycles. The van der Waals surface area contributed by atoms with Crippen LogP contribution in [0.4, 0.5) is 30.9 Å². The topological polar surface area (TPSA) is 110 Å². The average Bonchev–Trinajstić information content (AvgIpc) is 3.47. The normalized spacial score (nSPS) is 15.2. The number of halogens is 2. The molecule has 0 unspecified atom stereocenters. The van der Waals surface area contributed by atoms with Gasteiger partial charge in [0, 0.05) is 11.7 Å². The molecule has 0 bridgehead atoms. The molecule has 4 N–H and O–H groups in total. The van der Waals surface area contributed by atoms with Gasteiger partial charge in [-0.15, -0.1) is 0 Å². The van der Waals surface area contributed by atoms with Gasteiger partial charge < -0.3 is 21.1 Å². The molecular formula is C19H19F2N5O2. The highest BCUT2D eigenvalue weighted by Crippen LogP contribution is 2.36. The first-order valence-electron chi connectivity index (χ1n) is 8.76. The highest BCUT2D eigenvalue weighted by molar-refractivity contribution is 5.66. The van der Waals surface area contributed by atoms with E-state index < -0.39 is 23.8 Å². The zero-order valence-electron chi connectivity index (χ0n) is 15.0. The molecule has 146 valence electrons. The van der Waals surface area contributed by atoms with Crippen LogP contribution in [-0.2, 0) is 0 Å². The molecule has 2 aromatic rings. The zero-order chi connectivity index (χ0) is 20.3. The molecule has 1 amide bonds. The molecule has 3 rings (SSSR count). The Labute approximate surface area is 160 Å². The number of nitriles is 1. The van der Waals surface area contributed by atoms with Crippen molar-refractivity contribution in [2.24, 2.45) is 5.92 Å². The molecule has 1 aliphatic carbocycles. The number of pyridine rings is 1. The van der Waals surface area contributed by atoms with E-state index in [0.29, 0.717) is 5.69 Å². The standard InChI is InChI=1S/C19H19F2N5O2/c1-10(23-19(27)28)16(11-2-3-11)25-18-15(21)8-12(9-22)17(26-18)24-14-6-4-13(20)5-7-14/h4-8,10-11,16,23H,2-3H2,1H3,(H,27,28)(H2,24,25,26)/t10-,16-/m0/s1. The van der Waals surface area contributed by atoms with Crippen LogP contribution in [0.25, 0.3) is 0 Å². The summed E-state index contributed by atoms with van der Waals surface area (Å²) in [6.45, 7) is 1.70. The Kier molecular flexibility index (Phi) is 5.59. The molecule has 1 aliphatic rings. The largest absolute Gasteiger partial charge is 0.465 e. The van der Waals surface area contributed by atoms with Crippen LogP contribution in [0.5, 0.6) is 0 Å². The molecule has 1 aromatic carbocycles. The van der Waals surface area contributed by atoms with Crippen molar-refractivity contribution in [3.63, 3.8) is 0 Å². The van der Waals surface area contributed by atoms with E-state index in [1.807, 2.05) is 6.07 Å². The first kappa shape index (κ1) is 19.4. The molecule has 7 nitrogen and oxygen atoms in total. The predicted octanol–water partition coefficient (Wildman–Crippen LogP) is 3.82. The quantitative estimate of drug-likeness (QED) is 0.575. The van der Waals surface area contributed by atoms with Gasteiger partial charge in [0.1, 0.15) is 11.9 Å². The third kappa shape index (κ3) is 4.65. The van der Waals surface area contributed by atoms with Crippen molar-refractivity contribution in [3.8, 4) is 6.07 Å². The Morgan fingerprint density at radius 3 is 2.54 bits per heavy atom. The van der Waals surface area contributed by atoms with Crippen molar-refractivity contribution in [3.05, 3.63) is 47.5 Å². The molecule has 1 fully saturated rings. The molecule has 0 saturated heterocycles. The third-order valence-electron chi connectivity index (χ3n) is 4.53. The van der Waals surface area contributed by atoms with Crippen LogP contribution in [0.3, 0.4) is 0 Å². The lowest BCUT2D eigenvalue weighted by Crippen LogP contribution is -2.45. The van der Waals surface area contributed by atoms with Crippen molar-refractivity contribution in [2.75, 3.05) is 10.6 Å². The lowest BCUT2D eigenvalue weighted by atomic mass is 10.0. The Bertz CT molecular complexity index is 910.